The molecule has 1 aliphatic rings. The molecule has 1 heterocycles. The van der Waals surface area contributed by atoms with Crippen LogP contribution >= 0.6 is 39.1 Å². The number of carbonyl (C=O) groups excluding carboxylic acids is 1. The van der Waals surface area contributed by atoms with Crippen molar-refractivity contribution < 1.29 is 13.2 Å². The largest absolute Gasteiger partial charge is 0.336 e. The first kappa shape index (κ1) is 19.6. The molecule has 26 heavy (non-hydrogen) atoms. The molecule has 0 aliphatic carbocycles. The van der Waals surface area contributed by atoms with Gasteiger partial charge in [0.25, 0.3) is 5.91 Å². The predicted octanol–water partition coefficient (Wildman–Crippen LogP) is 3.90. The average Bonchev–Trinajstić information content (AvgIpc) is 2.63. The Morgan fingerprint density at radius 2 is 1.69 bits per heavy atom. The minimum absolute atomic E-state index is 0.153. The monoisotopic (exact) mass is 476 g/mol. The maximum Gasteiger partial charge on any atom is 0.255 e. The molecule has 9 heteroatoms. The number of hydrogen-bond acceptors (Lipinski definition) is 3. The fourth-order valence-electron chi connectivity index (χ4n) is 2.74. The zero-order valence-electron chi connectivity index (χ0n) is 13.5. The Balaban J connectivity index is 1.73. The van der Waals surface area contributed by atoms with Crippen molar-refractivity contribution >= 4 is 55.1 Å². The molecule has 1 aliphatic heterocycles. The maximum absolute atomic E-state index is 12.7. The van der Waals surface area contributed by atoms with Crippen LogP contribution < -0.4 is 0 Å². The fourth-order valence-corrected chi connectivity index (χ4v) is 5.02. The number of halogens is 3. The van der Waals surface area contributed by atoms with Gasteiger partial charge in [-0.1, -0.05) is 45.2 Å². The summed E-state index contributed by atoms with van der Waals surface area (Å²) >= 11 is 15.3. The minimum atomic E-state index is -3.64. The van der Waals surface area contributed by atoms with Crippen molar-refractivity contribution in [2.45, 2.75) is 4.90 Å². The SMILES string of the molecule is O=C(c1cc(Br)ccc1Cl)N1CCN(S(=O)(=O)c2cccc(Cl)c2)CC1. The van der Waals surface area contributed by atoms with Gasteiger partial charge in [-0.2, -0.15) is 4.31 Å². The van der Waals surface area contributed by atoms with Crippen LogP contribution in [0.15, 0.2) is 51.8 Å². The van der Waals surface area contributed by atoms with Gasteiger partial charge in [0.1, 0.15) is 0 Å². The van der Waals surface area contributed by atoms with E-state index in [1.165, 1.54) is 16.4 Å². The van der Waals surface area contributed by atoms with Crippen LogP contribution in [0.3, 0.4) is 0 Å². The molecular formula is C17H15BrCl2N2O3S. The van der Waals surface area contributed by atoms with Crippen LogP contribution in [0.1, 0.15) is 10.4 Å². The Morgan fingerprint density at radius 3 is 2.35 bits per heavy atom. The van der Waals surface area contributed by atoms with Crippen molar-refractivity contribution in [3.63, 3.8) is 0 Å². The number of hydrogen-bond donors (Lipinski definition) is 0. The van der Waals surface area contributed by atoms with Crippen LogP contribution in [0.5, 0.6) is 0 Å². The van der Waals surface area contributed by atoms with Gasteiger partial charge in [-0.15, -0.1) is 0 Å². The van der Waals surface area contributed by atoms with E-state index in [-0.39, 0.29) is 23.9 Å². The quantitative estimate of drug-likeness (QED) is 0.673. The molecule has 0 unspecified atom stereocenters. The van der Waals surface area contributed by atoms with Gasteiger partial charge in [0, 0.05) is 35.7 Å². The number of rotatable bonds is 3. The van der Waals surface area contributed by atoms with Gasteiger partial charge in [0.05, 0.1) is 15.5 Å². The molecule has 1 amide bonds. The Labute approximate surface area is 170 Å². The summed E-state index contributed by atoms with van der Waals surface area (Å²) in [6.45, 7) is 1.02. The van der Waals surface area contributed by atoms with Crippen molar-refractivity contribution in [1.82, 2.24) is 9.21 Å². The number of amides is 1. The van der Waals surface area contributed by atoms with Gasteiger partial charge in [-0.25, -0.2) is 8.42 Å². The molecule has 3 rings (SSSR count). The second-order valence-electron chi connectivity index (χ2n) is 5.78. The van der Waals surface area contributed by atoms with Gasteiger partial charge in [-0.3, -0.25) is 4.79 Å². The number of piperazine rings is 1. The smallest absolute Gasteiger partial charge is 0.255 e. The molecule has 2 aromatic rings. The van der Waals surface area contributed by atoms with E-state index in [0.717, 1.165) is 4.47 Å². The lowest BCUT2D eigenvalue weighted by molar-refractivity contribution is 0.0698. The summed E-state index contributed by atoms with van der Waals surface area (Å²) in [5, 5.41) is 0.733. The second-order valence-corrected chi connectivity index (χ2v) is 9.48. The molecule has 0 aromatic heterocycles. The van der Waals surface area contributed by atoms with Gasteiger partial charge in [0.15, 0.2) is 0 Å². The van der Waals surface area contributed by atoms with Crippen molar-refractivity contribution in [2.75, 3.05) is 26.2 Å². The second kappa shape index (κ2) is 7.86. The topological polar surface area (TPSA) is 57.7 Å². The number of carbonyl (C=O) groups is 1. The van der Waals surface area contributed by atoms with Crippen molar-refractivity contribution in [1.29, 1.82) is 0 Å². The summed E-state index contributed by atoms with van der Waals surface area (Å²) in [6.07, 6.45) is 0. The Hall–Kier alpha value is -1.12. The van der Waals surface area contributed by atoms with Crippen molar-refractivity contribution in [3.05, 3.63) is 62.5 Å². The van der Waals surface area contributed by atoms with Crippen LogP contribution in [-0.4, -0.2) is 49.7 Å². The highest BCUT2D eigenvalue weighted by molar-refractivity contribution is 9.10. The third kappa shape index (κ3) is 4.07. The molecule has 138 valence electrons. The standard InChI is InChI=1S/C17H15BrCl2N2O3S/c18-12-4-5-16(20)15(10-12)17(23)21-6-8-22(9-7-21)26(24,25)14-3-1-2-13(19)11-14/h1-5,10-11H,6-9H2. The number of benzene rings is 2. The number of sulfonamides is 1. The molecule has 5 nitrogen and oxygen atoms in total. The van der Waals surface area contributed by atoms with E-state index in [4.69, 9.17) is 23.2 Å². The summed E-state index contributed by atoms with van der Waals surface area (Å²) in [5.74, 6) is -0.212. The van der Waals surface area contributed by atoms with E-state index in [2.05, 4.69) is 15.9 Å². The molecule has 0 atom stereocenters. The highest BCUT2D eigenvalue weighted by Gasteiger charge is 2.31. The van der Waals surface area contributed by atoms with E-state index < -0.39 is 10.0 Å². The van der Waals surface area contributed by atoms with E-state index in [1.54, 1.807) is 35.2 Å². The highest BCUT2D eigenvalue weighted by atomic mass is 79.9. The molecule has 1 fully saturated rings. The first-order valence-electron chi connectivity index (χ1n) is 7.79. The molecule has 0 N–H and O–H groups in total. The van der Waals surface area contributed by atoms with Crippen molar-refractivity contribution in [2.24, 2.45) is 0 Å². The third-order valence-electron chi connectivity index (χ3n) is 4.12. The fraction of sp³-hybridized carbons (Fsp3) is 0.235. The summed E-state index contributed by atoms with van der Waals surface area (Å²) in [6, 6.07) is 11.2. The first-order valence-corrected chi connectivity index (χ1v) is 10.8. The van der Waals surface area contributed by atoms with Crippen LogP contribution in [0.4, 0.5) is 0 Å². The third-order valence-corrected chi connectivity index (χ3v) is 7.07. The predicted molar refractivity (Wildman–Crippen MR) is 105 cm³/mol. The summed E-state index contributed by atoms with van der Waals surface area (Å²) < 4.78 is 27.6. The Kier molecular flexibility index (Phi) is 5.94. The molecule has 0 radical (unpaired) electrons. The lowest BCUT2D eigenvalue weighted by atomic mass is 10.2. The molecule has 0 saturated carbocycles. The van der Waals surface area contributed by atoms with Gasteiger partial charge in [-0.05, 0) is 36.4 Å². The minimum Gasteiger partial charge on any atom is -0.336 e. The van der Waals surface area contributed by atoms with Crippen LogP contribution in [0, 0.1) is 0 Å². The Morgan fingerprint density at radius 1 is 1.00 bits per heavy atom. The van der Waals surface area contributed by atoms with Gasteiger partial charge >= 0.3 is 0 Å². The molecule has 2 aromatic carbocycles. The number of nitrogens with zero attached hydrogens (tertiary/aromatic N) is 2. The highest BCUT2D eigenvalue weighted by Crippen LogP contribution is 2.24. The lowest BCUT2D eigenvalue weighted by Crippen LogP contribution is -2.50. The summed E-state index contributed by atoms with van der Waals surface area (Å²) in [7, 11) is -3.64. The first-order chi connectivity index (χ1) is 12.3. The van der Waals surface area contributed by atoms with E-state index >= 15 is 0 Å². The van der Waals surface area contributed by atoms with E-state index in [9.17, 15) is 13.2 Å². The zero-order valence-corrected chi connectivity index (χ0v) is 17.4. The zero-order chi connectivity index (χ0) is 18.9. The molecule has 0 bridgehead atoms. The molecule has 0 spiro atoms. The van der Waals surface area contributed by atoms with Gasteiger partial charge < -0.3 is 4.90 Å². The van der Waals surface area contributed by atoms with Crippen LogP contribution in [-0.2, 0) is 10.0 Å². The van der Waals surface area contributed by atoms with Crippen molar-refractivity contribution in [3.8, 4) is 0 Å². The van der Waals surface area contributed by atoms with Gasteiger partial charge in [0.2, 0.25) is 10.0 Å². The summed E-state index contributed by atoms with van der Waals surface area (Å²) in [4.78, 5) is 14.4. The normalized spacial score (nSPS) is 15.9. The van der Waals surface area contributed by atoms with Crippen LogP contribution in [0.2, 0.25) is 10.0 Å². The van der Waals surface area contributed by atoms with Crippen LogP contribution in [0.25, 0.3) is 0 Å². The van der Waals surface area contributed by atoms with E-state index in [1.807, 2.05) is 0 Å². The molecule has 1 saturated heterocycles. The molecular weight excluding hydrogens is 463 g/mol. The Bertz CT molecular complexity index is 945. The lowest BCUT2D eigenvalue weighted by Gasteiger charge is -2.34. The summed E-state index contributed by atoms with van der Waals surface area (Å²) in [5.41, 5.74) is 0.396. The maximum atomic E-state index is 12.7. The van der Waals surface area contributed by atoms with E-state index in [0.29, 0.717) is 28.7 Å². The average molecular weight is 478 g/mol.